The SMILES string of the molecule is O=c1[nH]ncc2ccc(CO)cc12. The van der Waals surface area contributed by atoms with Crippen LogP contribution in [0.15, 0.2) is 29.2 Å². The lowest BCUT2D eigenvalue weighted by molar-refractivity contribution is 0.282. The Morgan fingerprint density at radius 2 is 2.31 bits per heavy atom. The molecule has 0 aliphatic carbocycles. The number of rotatable bonds is 1. The minimum absolute atomic E-state index is 0.0578. The van der Waals surface area contributed by atoms with Crippen molar-refractivity contribution in [1.29, 1.82) is 0 Å². The summed E-state index contributed by atoms with van der Waals surface area (Å²) in [6.07, 6.45) is 1.58. The lowest BCUT2D eigenvalue weighted by atomic mass is 10.1. The van der Waals surface area contributed by atoms with E-state index in [9.17, 15) is 4.79 Å². The number of hydrogen-bond donors (Lipinski definition) is 2. The van der Waals surface area contributed by atoms with Gasteiger partial charge < -0.3 is 5.11 Å². The maximum absolute atomic E-state index is 11.2. The number of nitrogens with one attached hydrogen (secondary N) is 1. The van der Waals surface area contributed by atoms with Crippen LogP contribution < -0.4 is 5.56 Å². The monoisotopic (exact) mass is 176 g/mol. The van der Waals surface area contributed by atoms with Gasteiger partial charge in [-0.2, -0.15) is 5.10 Å². The first-order valence-corrected chi connectivity index (χ1v) is 3.88. The van der Waals surface area contributed by atoms with E-state index in [2.05, 4.69) is 10.2 Å². The first kappa shape index (κ1) is 7.94. The average molecular weight is 176 g/mol. The standard InChI is InChI=1S/C9H8N2O2/c12-5-6-1-2-7-4-10-11-9(13)8(7)3-6/h1-4,12H,5H2,(H,11,13). The van der Waals surface area contributed by atoms with Gasteiger partial charge in [-0.05, 0) is 11.6 Å². The number of benzene rings is 1. The molecule has 0 spiro atoms. The molecule has 0 saturated carbocycles. The second-order valence-electron chi connectivity index (χ2n) is 2.78. The Bertz CT molecular complexity index is 490. The molecule has 0 bridgehead atoms. The molecule has 66 valence electrons. The molecule has 0 aliphatic heterocycles. The summed E-state index contributed by atoms with van der Waals surface area (Å²) >= 11 is 0. The molecule has 2 N–H and O–H groups in total. The molecule has 4 nitrogen and oxygen atoms in total. The number of aromatic nitrogens is 2. The Morgan fingerprint density at radius 1 is 1.46 bits per heavy atom. The second kappa shape index (κ2) is 2.99. The summed E-state index contributed by atoms with van der Waals surface area (Å²) in [4.78, 5) is 11.2. The van der Waals surface area contributed by atoms with Crippen molar-refractivity contribution >= 4 is 10.8 Å². The summed E-state index contributed by atoms with van der Waals surface area (Å²) in [7, 11) is 0. The molecular formula is C9H8N2O2. The highest BCUT2D eigenvalue weighted by atomic mass is 16.3. The molecule has 2 aromatic rings. The van der Waals surface area contributed by atoms with E-state index in [0.29, 0.717) is 5.39 Å². The minimum atomic E-state index is -0.229. The number of aliphatic hydroxyl groups is 1. The summed E-state index contributed by atoms with van der Waals surface area (Å²) in [5, 5.41) is 16.2. The zero-order valence-corrected chi connectivity index (χ0v) is 6.82. The van der Waals surface area contributed by atoms with Gasteiger partial charge in [0.1, 0.15) is 0 Å². The summed E-state index contributed by atoms with van der Waals surface area (Å²) in [5.41, 5.74) is 0.497. The third-order valence-electron chi connectivity index (χ3n) is 1.91. The molecule has 0 aliphatic rings. The fourth-order valence-corrected chi connectivity index (χ4v) is 1.23. The quantitative estimate of drug-likeness (QED) is 0.661. The molecule has 4 heteroatoms. The zero-order valence-electron chi connectivity index (χ0n) is 6.82. The highest BCUT2D eigenvalue weighted by Crippen LogP contribution is 2.10. The molecule has 0 saturated heterocycles. The van der Waals surface area contributed by atoms with E-state index in [1.807, 2.05) is 0 Å². The molecule has 0 radical (unpaired) electrons. The zero-order chi connectivity index (χ0) is 9.26. The number of nitrogens with zero attached hydrogens (tertiary/aromatic N) is 1. The lowest BCUT2D eigenvalue weighted by Gasteiger charge is -1.98. The fraction of sp³-hybridized carbons (Fsp3) is 0.111. The Balaban J connectivity index is 2.82. The number of H-pyrrole nitrogens is 1. The predicted molar refractivity (Wildman–Crippen MR) is 48.3 cm³/mol. The highest BCUT2D eigenvalue weighted by Gasteiger charge is 1.98. The highest BCUT2D eigenvalue weighted by molar-refractivity contribution is 5.81. The van der Waals surface area contributed by atoms with E-state index >= 15 is 0 Å². The van der Waals surface area contributed by atoms with Crippen LogP contribution in [-0.2, 0) is 6.61 Å². The van der Waals surface area contributed by atoms with E-state index < -0.39 is 0 Å². The fourth-order valence-electron chi connectivity index (χ4n) is 1.23. The van der Waals surface area contributed by atoms with E-state index in [-0.39, 0.29) is 12.2 Å². The van der Waals surface area contributed by atoms with Crippen LogP contribution in [0.1, 0.15) is 5.56 Å². The Labute approximate surface area is 73.8 Å². The summed E-state index contributed by atoms with van der Waals surface area (Å²) < 4.78 is 0. The van der Waals surface area contributed by atoms with Gasteiger partial charge >= 0.3 is 0 Å². The van der Waals surface area contributed by atoms with Gasteiger partial charge in [0.15, 0.2) is 0 Å². The molecule has 0 amide bonds. The van der Waals surface area contributed by atoms with Crippen molar-refractivity contribution in [2.24, 2.45) is 0 Å². The number of fused-ring (bicyclic) bond motifs is 1. The van der Waals surface area contributed by atoms with Gasteiger partial charge in [-0.3, -0.25) is 4.79 Å². The first-order chi connectivity index (χ1) is 6.31. The number of aliphatic hydroxyl groups excluding tert-OH is 1. The molecule has 0 atom stereocenters. The second-order valence-corrected chi connectivity index (χ2v) is 2.78. The van der Waals surface area contributed by atoms with E-state index in [4.69, 9.17) is 5.11 Å². The van der Waals surface area contributed by atoms with Gasteiger partial charge in [0.25, 0.3) is 5.56 Å². The lowest BCUT2D eigenvalue weighted by Crippen LogP contribution is -2.07. The normalized spacial score (nSPS) is 10.5. The topological polar surface area (TPSA) is 66.0 Å². The first-order valence-electron chi connectivity index (χ1n) is 3.88. The Kier molecular flexibility index (Phi) is 1.83. The summed E-state index contributed by atoms with van der Waals surface area (Å²) in [6.45, 7) is -0.0578. The predicted octanol–water partition coefficient (Wildman–Crippen LogP) is 0.415. The van der Waals surface area contributed by atoms with Gasteiger partial charge in [0, 0.05) is 5.39 Å². The van der Waals surface area contributed by atoms with Crippen LogP contribution in [-0.4, -0.2) is 15.3 Å². The van der Waals surface area contributed by atoms with Crippen molar-refractivity contribution in [2.75, 3.05) is 0 Å². The molecule has 1 aromatic heterocycles. The smallest absolute Gasteiger partial charge is 0.272 e. The van der Waals surface area contributed by atoms with Crippen LogP contribution in [0.5, 0.6) is 0 Å². The van der Waals surface area contributed by atoms with E-state index in [1.54, 1.807) is 24.4 Å². The molecule has 2 rings (SSSR count). The van der Waals surface area contributed by atoms with Crippen LogP contribution in [0.3, 0.4) is 0 Å². The van der Waals surface area contributed by atoms with Crippen molar-refractivity contribution in [1.82, 2.24) is 10.2 Å². The van der Waals surface area contributed by atoms with Crippen LogP contribution in [0, 0.1) is 0 Å². The van der Waals surface area contributed by atoms with Crippen LogP contribution in [0.2, 0.25) is 0 Å². The molecule has 13 heavy (non-hydrogen) atoms. The summed E-state index contributed by atoms with van der Waals surface area (Å²) in [5.74, 6) is 0. The van der Waals surface area contributed by atoms with Crippen molar-refractivity contribution in [3.05, 3.63) is 40.3 Å². The maximum atomic E-state index is 11.2. The van der Waals surface area contributed by atoms with Gasteiger partial charge in [-0.1, -0.05) is 12.1 Å². The maximum Gasteiger partial charge on any atom is 0.272 e. The molecular weight excluding hydrogens is 168 g/mol. The van der Waals surface area contributed by atoms with Crippen molar-refractivity contribution in [3.8, 4) is 0 Å². The van der Waals surface area contributed by atoms with Gasteiger partial charge in [0.05, 0.1) is 18.2 Å². The molecule has 0 unspecified atom stereocenters. The molecule has 1 aromatic carbocycles. The Morgan fingerprint density at radius 3 is 3.08 bits per heavy atom. The van der Waals surface area contributed by atoms with Gasteiger partial charge in [0.2, 0.25) is 0 Å². The third-order valence-corrected chi connectivity index (χ3v) is 1.91. The van der Waals surface area contributed by atoms with Crippen LogP contribution in [0.25, 0.3) is 10.8 Å². The minimum Gasteiger partial charge on any atom is -0.392 e. The Hall–Kier alpha value is -1.68. The van der Waals surface area contributed by atoms with Gasteiger partial charge in [-0.25, -0.2) is 5.10 Å². The van der Waals surface area contributed by atoms with Crippen molar-refractivity contribution in [3.63, 3.8) is 0 Å². The average Bonchev–Trinajstić information content (AvgIpc) is 2.18. The van der Waals surface area contributed by atoms with Crippen molar-refractivity contribution in [2.45, 2.75) is 6.61 Å². The third kappa shape index (κ3) is 1.31. The molecule has 1 heterocycles. The number of hydrogen-bond acceptors (Lipinski definition) is 3. The van der Waals surface area contributed by atoms with Gasteiger partial charge in [-0.15, -0.1) is 0 Å². The van der Waals surface area contributed by atoms with Crippen LogP contribution >= 0.6 is 0 Å². The molecule has 0 fully saturated rings. The van der Waals surface area contributed by atoms with E-state index in [0.717, 1.165) is 10.9 Å². The van der Waals surface area contributed by atoms with E-state index in [1.165, 1.54) is 0 Å². The largest absolute Gasteiger partial charge is 0.392 e. The summed E-state index contributed by atoms with van der Waals surface area (Å²) in [6, 6.07) is 5.20. The van der Waals surface area contributed by atoms with Crippen molar-refractivity contribution < 1.29 is 5.11 Å². The van der Waals surface area contributed by atoms with Crippen LogP contribution in [0.4, 0.5) is 0 Å². The number of aromatic amines is 1.